The molecule has 246 valence electrons. The molecule has 0 saturated heterocycles. The average Bonchev–Trinajstić information content (AvgIpc) is 3.12. The summed E-state index contributed by atoms with van der Waals surface area (Å²) in [6.45, 7) is 2.11. The molecule has 0 aromatic heterocycles. The number of non-ortho nitro benzene ring substituents is 1. The van der Waals surface area contributed by atoms with Crippen molar-refractivity contribution in [3.8, 4) is 5.75 Å². The summed E-state index contributed by atoms with van der Waals surface area (Å²) >= 11 is 1.29. The number of nitro groups is 1. The van der Waals surface area contributed by atoms with Crippen LogP contribution in [0.4, 0.5) is 17.1 Å². The van der Waals surface area contributed by atoms with Crippen molar-refractivity contribution >= 4 is 52.6 Å². The Bertz CT molecular complexity index is 1970. The Balaban J connectivity index is 1.22. The normalized spacial score (nSPS) is 10.9. The molecule has 49 heavy (non-hydrogen) atoms. The van der Waals surface area contributed by atoms with Crippen LogP contribution < -0.4 is 20.7 Å². The third kappa shape index (κ3) is 10.1. The van der Waals surface area contributed by atoms with Crippen LogP contribution in [0.1, 0.15) is 27.0 Å². The van der Waals surface area contributed by atoms with Crippen molar-refractivity contribution in [1.82, 2.24) is 5.32 Å². The monoisotopic (exact) mass is 672 g/mol. The average molecular weight is 673 g/mol. The lowest BCUT2D eigenvalue weighted by molar-refractivity contribution is -0.384. The number of nitro benzene ring substituents is 1. The molecule has 0 atom stereocenters. The molecule has 0 unspecified atom stereocenters. The molecule has 0 heterocycles. The van der Waals surface area contributed by atoms with Crippen LogP contribution in [0.2, 0.25) is 0 Å². The molecule has 0 aliphatic rings. The standard InChI is InChI=1S/C38H32N4O6S/c1-26-22-31(42(46)47)16-21-34(26)40-36(43)25-49-33-19-14-30(15-20-33)39-38(45)35(41-37(44)29-10-6-3-7-11-29)23-27-12-17-32(18-13-27)48-24-28-8-4-2-5-9-28/h2-23H,24-25H2,1H3,(H,39,45)(H,40,43)(H,41,44)/b35-23-. The molecule has 3 N–H and O–H groups in total. The Morgan fingerprint density at radius 1 is 0.816 bits per heavy atom. The number of carbonyl (C=O) groups excluding carboxylic acids is 3. The van der Waals surface area contributed by atoms with Crippen molar-refractivity contribution in [2.45, 2.75) is 18.4 Å². The molecule has 3 amide bonds. The Labute approximate surface area is 287 Å². The second kappa shape index (κ2) is 16.6. The third-order valence-corrected chi connectivity index (χ3v) is 8.16. The predicted molar refractivity (Wildman–Crippen MR) is 191 cm³/mol. The number of hydrogen-bond acceptors (Lipinski definition) is 7. The number of anilines is 2. The number of hydrogen-bond donors (Lipinski definition) is 3. The quantitative estimate of drug-likeness (QED) is 0.0506. The van der Waals surface area contributed by atoms with Gasteiger partial charge in [-0.05, 0) is 84.3 Å². The van der Waals surface area contributed by atoms with Gasteiger partial charge in [-0.15, -0.1) is 11.8 Å². The van der Waals surface area contributed by atoms with Gasteiger partial charge in [-0.25, -0.2) is 0 Å². The fourth-order valence-corrected chi connectivity index (χ4v) is 5.28. The second-order valence-corrected chi connectivity index (χ2v) is 11.8. The van der Waals surface area contributed by atoms with E-state index >= 15 is 0 Å². The van der Waals surface area contributed by atoms with E-state index in [-0.39, 0.29) is 23.0 Å². The summed E-state index contributed by atoms with van der Waals surface area (Å²) < 4.78 is 5.87. The number of carbonyl (C=O) groups is 3. The van der Waals surface area contributed by atoms with Crippen molar-refractivity contribution in [3.05, 3.63) is 165 Å². The number of benzene rings is 5. The Morgan fingerprint density at radius 2 is 1.49 bits per heavy atom. The zero-order valence-corrected chi connectivity index (χ0v) is 27.2. The molecule has 0 aliphatic carbocycles. The van der Waals surface area contributed by atoms with Gasteiger partial charge in [0.2, 0.25) is 5.91 Å². The third-order valence-electron chi connectivity index (χ3n) is 7.15. The lowest BCUT2D eigenvalue weighted by atomic mass is 10.1. The lowest BCUT2D eigenvalue weighted by Gasteiger charge is -2.12. The Hall–Kier alpha value is -6.20. The predicted octanol–water partition coefficient (Wildman–Crippen LogP) is 7.62. The molecule has 0 aliphatic heterocycles. The fourth-order valence-electron chi connectivity index (χ4n) is 4.58. The molecule has 0 radical (unpaired) electrons. The minimum atomic E-state index is -0.521. The number of nitrogens with one attached hydrogen (secondary N) is 3. The number of aryl methyl sites for hydroxylation is 1. The highest BCUT2D eigenvalue weighted by molar-refractivity contribution is 8.00. The van der Waals surface area contributed by atoms with Crippen molar-refractivity contribution < 1.29 is 24.0 Å². The summed E-state index contributed by atoms with van der Waals surface area (Å²) in [6, 6.07) is 36.8. The number of rotatable bonds is 13. The van der Waals surface area contributed by atoms with Crippen LogP contribution >= 0.6 is 11.8 Å². The van der Waals surface area contributed by atoms with E-state index < -0.39 is 16.7 Å². The highest BCUT2D eigenvalue weighted by Crippen LogP contribution is 2.24. The van der Waals surface area contributed by atoms with Gasteiger partial charge in [0.1, 0.15) is 18.1 Å². The van der Waals surface area contributed by atoms with Crippen molar-refractivity contribution in [1.29, 1.82) is 0 Å². The molecular formula is C38H32N4O6S. The van der Waals surface area contributed by atoms with Gasteiger partial charge >= 0.3 is 0 Å². The second-order valence-electron chi connectivity index (χ2n) is 10.8. The smallest absolute Gasteiger partial charge is 0.272 e. The first kappa shape index (κ1) is 34.1. The van der Waals surface area contributed by atoms with Gasteiger partial charge < -0.3 is 20.7 Å². The fraction of sp³-hybridized carbons (Fsp3) is 0.0789. The van der Waals surface area contributed by atoms with E-state index in [1.165, 1.54) is 30.0 Å². The van der Waals surface area contributed by atoms with E-state index in [1.54, 1.807) is 91.9 Å². The number of nitrogens with zero attached hydrogens (tertiary/aromatic N) is 1. The lowest BCUT2D eigenvalue weighted by Crippen LogP contribution is -2.30. The SMILES string of the molecule is Cc1cc([N+](=O)[O-])ccc1NC(=O)CSc1ccc(NC(=O)/C(=C/c2ccc(OCc3ccccc3)cc2)NC(=O)c2ccccc2)cc1. The van der Waals surface area contributed by atoms with Crippen LogP contribution in [0, 0.1) is 17.0 Å². The zero-order valence-electron chi connectivity index (χ0n) is 26.4. The summed E-state index contributed by atoms with van der Waals surface area (Å²) in [5.74, 6) is -0.446. The molecule has 0 bridgehead atoms. The molecule has 10 nitrogen and oxygen atoms in total. The molecule has 0 spiro atoms. The molecule has 5 rings (SSSR count). The van der Waals surface area contributed by atoms with E-state index in [1.807, 2.05) is 30.3 Å². The first-order valence-electron chi connectivity index (χ1n) is 15.2. The van der Waals surface area contributed by atoms with E-state index in [9.17, 15) is 24.5 Å². The van der Waals surface area contributed by atoms with Crippen LogP contribution in [-0.4, -0.2) is 28.4 Å². The van der Waals surface area contributed by atoms with Gasteiger partial charge in [-0.3, -0.25) is 24.5 Å². The Kier molecular flexibility index (Phi) is 11.5. The van der Waals surface area contributed by atoms with Gasteiger partial charge in [0.15, 0.2) is 0 Å². The minimum absolute atomic E-state index is 0.0443. The summed E-state index contributed by atoms with van der Waals surface area (Å²) in [5, 5.41) is 19.3. The Morgan fingerprint density at radius 3 is 2.14 bits per heavy atom. The highest BCUT2D eigenvalue weighted by atomic mass is 32.2. The maximum Gasteiger partial charge on any atom is 0.272 e. The first-order valence-corrected chi connectivity index (χ1v) is 16.2. The van der Waals surface area contributed by atoms with Crippen LogP contribution in [0.15, 0.2) is 138 Å². The molecule has 0 fully saturated rings. The topological polar surface area (TPSA) is 140 Å². The van der Waals surface area contributed by atoms with Gasteiger partial charge in [0.05, 0.1) is 10.7 Å². The van der Waals surface area contributed by atoms with Gasteiger partial charge in [-0.2, -0.15) is 0 Å². The molecule has 5 aromatic rings. The molecule has 0 saturated carbocycles. The van der Waals surface area contributed by atoms with Crippen LogP contribution in [0.3, 0.4) is 0 Å². The van der Waals surface area contributed by atoms with Crippen LogP contribution in [0.25, 0.3) is 6.08 Å². The molecular weight excluding hydrogens is 641 g/mol. The molecule has 11 heteroatoms. The van der Waals surface area contributed by atoms with Crippen LogP contribution in [0.5, 0.6) is 5.75 Å². The summed E-state index contributed by atoms with van der Waals surface area (Å²) in [5.41, 5.74) is 3.71. The number of ether oxygens (including phenoxy) is 1. The van der Waals surface area contributed by atoms with Crippen molar-refractivity contribution in [3.63, 3.8) is 0 Å². The van der Waals surface area contributed by atoms with E-state index in [0.717, 1.165) is 10.5 Å². The van der Waals surface area contributed by atoms with Gasteiger partial charge in [0, 0.05) is 34.0 Å². The summed E-state index contributed by atoms with van der Waals surface area (Å²) in [7, 11) is 0. The van der Waals surface area contributed by atoms with Crippen molar-refractivity contribution in [2.75, 3.05) is 16.4 Å². The maximum atomic E-state index is 13.5. The van der Waals surface area contributed by atoms with Crippen molar-refractivity contribution in [2.24, 2.45) is 0 Å². The minimum Gasteiger partial charge on any atom is -0.489 e. The number of thioether (sulfide) groups is 1. The summed E-state index contributed by atoms with van der Waals surface area (Å²) in [6.07, 6.45) is 1.59. The molecule has 5 aromatic carbocycles. The highest BCUT2D eigenvalue weighted by Gasteiger charge is 2.16. The largest absolute Gasteiger partial charge is 0.489 e. The summed E-state index contributed by atoms with van der Waals surface area (Å²) in [4.78, 5) is 50.3. The van der Waals surface area contributed by atoms with E-state index in [4.69, 9.17) is 4.74 Å². The zero-order chi connectivity index (χ0) is 34.6. The maximum absolute atomic E-state index is 13.5. The van der Waals surface area contributed by atoms with E-state index in [0.29, 0.717) is 40.4 Å². The van der Waals surface area contributed by atoms with Gasteiger partial charge in [0.25, 0.3) is 17.5 Å². The van der Waals surface area contributed by atoms with E-state index in [2.05, 4.69) is 16.0 Å². The van der Waals surface area contributed by atoms with Gasteiger partial charge in [-0.1, -0.05) is 60.7 Å². The number of amides is 3. The van der Waals surface area contributed by atoms with Crippen LogP contribution in [-0.2, 0) is 16.2 Å². The first-order chi connectivity index (χ1) is 23.7.